The van der Waals surface area contributed by atoms with E-state index in [-0.39, 0.29) is 10.8 Å². The second-order valence-electron chi connectivity index (χ2n) is 3.59. The van der Waals surface area contributed by atoms with Gasteiger partial charge in [0, 0.05) is 12.4 Å². The number of anilines is 1. The number of aryl methyl sites for hydroxylation is 1. The predicted molar refractivity (Wildman–Crippen MR) is 64.0 cm³/mol. The first-order valence-corrected chi connectivity index (χ1v) is 6.53. The maximum atomic E-state index is 13.3. The van der Waals surface area contributed by atoms with Gasteiger partial charge >= 0.3 is 0 Å². The number of rotatable bonds is 3. The fraction of sp³-hybridized carbons (Fsp3) is 0.0909. The van der Waals surface area contributed by atoms with E-state index in [9.17, 15) is 12.8 Å². The Hall–Kier alpha value is -2.02. The van der Waals surface area contributed by atoms with Crippen LogP contribution in [-0.2, 0) is 10.0 Å². The zero-order chi connectivity index (χ0) is 13.2. The Morgan fingerprint density at radius 2 is 1.89 bits per heavy atom. The minimum atomic E-state index is -3.87. The van der Waals surface area contributed by atoms with Gasteiger partial charge < -0.3 is 0 Å². The molecule has 0 radical (unpaired) electrons. The van der Waals surface area contributed by atoms with Gasteiger partial charge in [-0.15, -0.1) is 0 Å². The van der Waals surface area contributed by atoms with E-state index in [0.717, 1.165) is 6.07 Å². The number of sulfonamides is 1. The Labute approximate surface area is 104 Å². The summed E-state index contributed by atoms with van der Waals surface area (Å²) < 4.78 is 39.3. The van der Waals surface area contributed by atoms with Crippen LogP contribution in [0.5, 0.6) is 0 Å². The molecule has 5 nitrogen and oxygen atoms in total. The molecule has 0 fully saturated rings. The smallest absolute Gasteiger partial charge is 0.247 e. The van der Waals surface area contributed by atoms with E-state index < -0.39 is 15.8 Å². The van der Waals surface area contributed by atoms with Crippen molar-refractivity contribution in [2.75, 3.05) is 4.72 Å². The summed E-state index contributed by atoms with van der Waals surface area (Å²) in [7, 11) is -3.87. The van der Waals surface area contributed by atoms with Gasteiger partial charge in [-0.2, -0.15) is 0 Å². The normalized spacial score (nSPS) is 11.2. The number of benzene rings is 1. The van der Waals surface area contributed by atoms with Gasteiger partial charge in [-0.05, 0) is 30.7 Å². The molecule has 0 bridgehead atoms. The van der Waals surface area contributed by atoms with Gasteiger partial charge in [-0.25, -0.2) is 27.5 Å². The van der Waals surface area contributed by atoms with Crippen molar-refractivity contribution in [3.05, 3.63) is 48.0 Å². The summed E-state index contributed by atoms with van der Waals surface area (Å²) in [5, 5.41) is 0. The highest BCUT2D eigenvalue weighted by molar-refractivity contribution is 7.92. The summed E-state index contributed by atoms with van der Waals surface area (Å²) in [6.45, 7) is 1.56. The Morgan fingerprint density at radius 1 is 1.22 bits per heavy atom. The lowest BCUT2D eigenvalue weighted by Gasteiger charge is -2.06. The van der Waals surface area contributed by atoms with Gasteiger partial charge in [-0.1, -0.05) is 6.07 Å². The van der Waals surface area contributed by atoms with E-state index in [1.54, 1.807) is 13.0 Å². The van der Waals surface area contributed by atoms with Crippen molar-refractivity contribution in [3.8, 4) is 0 Å². The number of aromatic nitrogens is 2. The monoisotopic (exact) mass is 267 g/mol. The minimum Gasteiger partial charge on any atom is -0.247 e. The van der Waals surface area contributed by atoms with Crippen molar-refractivity contribution in [1.29, 1.82) is 0 Å². The van der Waals surface area contributed by atoms with E-state index in [4.69, 9.17) is 0 Å². The molecule has 0 saturated carbocycles. The van der Waals surface area contributed by atoms with Gasteiger partial charge in [0.1, 0.15) is 5.82 Å². The van der Waals surface area contributed by atoms with Crippen LogP contribution in [0.4, 0.5) is 10.3 Å². The molecule has 0 aliphatic rings. The molecule has 0 aliphatic carbocycles. The molecule has 1 aromatic carbocycles. The molecule has 1 aromatic heterocycles. The minimum absolute atomic E-state index is 0.0570. The van der Waals surface area contributed by atoms with Crippen molar-refractivity contribution in [3.63, 3.8) is 0 Å². The number of nitrogens with one attached hydrogen (secondary N) is 1. The molecular weight excluding hydrogens is 257 g/mol. The number of hydrogen-bond donors (Lipinski definition) is 1. The van der Waals surface area contributed by atoms with Crippen molar-refractivity contribution >= 4 is 16.0 Å². The summed E-state index contributed by atoms with van der Waals surface area (Å²) in [5.74, 6) is -0.634. The third kappa shape index (κ3) is 2.62. The first-order valence-electron chi connectivity index (χ1n) is 5.05. The van der Waals surface area contributed by atoms with Gasteiger partial charge in [-0.3, -0.25) is 0 Å². The van der Waals surface area contributed by atoms with Gasteiger partial charge in [0.15, 0.2) is 0 Å². The van der Waals surface area contributed by atoms with Crippen LogP contribution in [-0.4, -0.2) is 18.4 Å². The molecule has 1 heterocycles. The maximum absolute atomic E-state index is 13.3. The lowest BCUT2D eigenvalue weighted by molar-refractivity contribution is 0.593. The Kier molecular flexibility index (Phi) is 3.24. The zero-order valence-corrected chi connectivity index (χ0v) is 10.3. The highest BCUT2D eigenvalue weighted by Crippen LogP contribution is 2.16. The van der Waals surface area contributed by atoms with Gasteiger partial charge in [0.2, 0.25) is 5.95 Å². The Balaban J connectivity index is 2.34. The van der Waals surface area contributed by atoms with E-state index in [1.807, 2.05) is 0 Å². The van der Waals surface area contributed by atoms with Crippen LogP contribution in [0.2, 0.25) is 0 Å². The molecule has 0 saturated heterocycles. The van der Waals surface area contributed by atoms with Crippen molar-refractivity contribution in [2.24, 2.45) is 0 Å². The standard InChI is InChI=1S/C11H10FN3O2S/c1-8-3-4-9(7-10(8)12)18(16,17)15-11-13-5-2-6-14-11/h2-7H,1H3,(H,13,14,15). The Morgan fingerprint density at radius 3 is 2.50 bits per heavy atom. The number of hydrogen-bond acceptors (Lipinski definition) is 4. The van der Waals surface area contributed by atoms with E-state index in [0.29, 0.717) is 5.56 Å². The summed E-state index contributed by atoms with van der Waals surface area (Å²) >= 11 is 0. The second-order valence-corrected chi connectivity index (χ2v) is 5.27. The molecule has 0 amide bonds. The summed E-state index contributed by atoms with van der Waals surface area (Å²) in [4.78, 5) is 7.30. The molecule has 94 valence electrons. The predicted octanol–water partition coefficient (Wildman–Crippen LogP) is 1.72. The van der Waals surface area contributed by atoms with Crippen molar-refractivity contribution in [2.45, 2.75) is 11.8 Å². The van der Waals surface area contributed by atoms with Crippen LogP contribution in [0.1, 0.15) is 5.56 Å². The molecular formula is C11H10FN3O2S. The summed E-state index contributed by atoms with van der Waals surface area (Å²) in [6, 6.07) is 5.24. The van der Waals surface area contributed by atoms with E-state index in [1.165, 1.54) is 24.5 Å². The van der Waals surface area contributed by atoms with Crippen LogP contribution in [0.25, 0.3) is 0 Å². The second kappa shape index (κ2) is 4.69. The van der Waals surface area contributed by atoms with Crippen LogP contribution >= 0.6 is 0 Å². The quantitative estimate of drug-likeness (QED) is 0.919. The van der Waals surface area contributed by atoms with E-state index in [2.05, 4.69) is 14.7 Å². The SMILES string of the molecule is Cc1ccc(S(=O)(=O)Nc2ncccn2)cc1F. The number of halogens is 1. The molecule has 0 unspecified atom stereocenters. The third-order valence-electron chi connectivity index (χ3n) is 2.25. The van der Waals surface area contributed by atoms with Crippen LogP contribution in [0, 0.1) is 12.7 Å². The van der Waals surface area contributed by atoms with Gasteiger partial charge in [0.05, 0.1) is 4.90 Å². The molecule has 0 atom stereocenters. The fourth-order valence-electron chi connectivity index (χ4n) is 1.27. The maximum Gasteiger partial charge on any atom is 0.264 e. The molecule has 1 N–H and O–H groups in total. The van der Waals surface area contributed by atoms with Crippen LogP contribution in [0.3, 0.4) is 0 Å². The van der Waals surface area contributed by atoms with E-state index >= 15 is 0 Å². The molecule has 2 rings (SSSR count). The summed E-state index contributed by atoms with van der Waals surface area (Å²) in [6.07, 6.45) is 2.81. The zero-order valence-electron chi connectivity index (χ0n) is 9.46. The molecule has 0 aliphatic heterocycles. The first kappa shape index (κ1) is 12.4. The Bertz CT molecular complexity index is 659. The highest BCUT2D eigenvalue weighted by Gasteiger charge is 2.16. The average Bonchev–Trinajstić information content (AvgIpc) is 2.33. The summed E-state index contributed by atoms with van der Waals surface area (Å²) in [5.41, 5.74) is 0.380. The molecule has 18 heavy (non-hydrogen) atoms. The lowest BCUT2D eigenvalue weighted by Crippen LogP contribution is -2.15. The van der Waals surface area contributed by atoms with Crippen molar-refractivity contribution in [1.82, 2.24) is 9.97 Å². The van der Waals surface area contributed by atoms with Crippen LogP contribution in [0.15, 0.2) is 41.6 Å². The molecule has 0 spiro atoms. The lowest BCUT2D eigenvalue weighted by atomic mass is 10.2. The first-order chi connectivity index (χ1) is 8.49. The molecule has 2 aromatic rings. The third-order valence-corrected chi connectivity index (χ3v) is 3.57. The van der Waals surface area contributed by atoms with Crippen LogP contribution < -0.4 is 4.72 Å². The number of nitrogens with zero attached hydrogens (tertiary/aromatic N) is 2. The van der Waals surface area contributed by atoms with Crippen molar-refractivity contribution < 1.29 is 12.8 Å². The molecule has 7 heteroatoms. The average molecular weight is 267 g/mol. The fourth-order valence-corrected chi connectivity index (χ4v) is 2.24. The van der Waals surface area contributed by atoms with Gasteiger partial charge in [0.25, 0.3) is 10.0 Å². The topological polar surface area (TPSA) is 72.0 Å². The highest BCUT2D eigenvalue weighted by atomic mass is 32.2. The largest absolute Gasteiger partial charge is 0.264 e.